The van der Waals surface area contributed by atoms with Gasteiger partial charge in [-0.3, -0.25) is 19.7 Å². The van der Waals surface area contributed by atoms with Gasteiger partial charge in [0.05, 0.1) is 18.5 Å². The van der Waals surface area contributed by atoms with E-state index in [2.05, 4.69) is 5.32 Å². The van der Waals surface area contributed by atoms with Gasteiger partial charge in [0.2, 0.25) is 11.8 Å². The van der Waals surface area contributed by atoms with Gasteiger partial charge in [-0.1, -0.05) is 60.7 Å². The van der Waals surface area contributed by atoms with Gasteiger partial charge in [0.15, 0.2) is 0 Å². The molecule has 0 aromatic heterocycles. The zero-order valence-corrected chi connectivity index (χ0v) is 20.7. The molecule has 0 radical (unpaired) electrons. The highest BCUT2D eigenvalue weighted by molar-refractivity contribution is 5.89. The van der Waals surface area contributed by atoms with Gasteiger partial charge in [-0.2, -0.15) is 0 Å². The number of nitrogens with zero attached hydrogens (tertiary/aromatic N) is 2. The van der Waals surface area contributed by atoms with Gasteiger partial charge < -0.3 is 15.0 Å². The number of nitrogens with one attached hydrogen (secondary N) is 1. The third-order valence-corrected chi connectivity index (χ3v) is 5.72. The average molecular weight is 490 g/mol. The SMILES string of the molecule is COc1cccc(CN(C(=O)Cc2ccccc2[N+](=O)[O-])[C@H](Cc2ccccc2)C(=O)NC(C)C)c1. The molecule has 3 rings (SSSR count). The fraction of sp³-hybridized carbons (Fsp3) is 0.286. The number of carbonyl (C=O) groups excluding carboxylic acids is 2. The predicted molar refractivity (Wildman–Crippen MR) is 138 cm³/mol. The van der Waals surface area contributed by atoms with Crippen molar-refractivity contribution in [2.24, 2.45) is 0 Å². The first-order chi connectivity index (χ1) is 17.3. The molecule has 0 unspecified atom stereocenters. The van der Waals surface area contributed by atoms with Crippen LogP contribution in [0.15, 0.2) is 78.9 Å². The van der Waals surface area contributed by atoms with Crippen LogP contribution in [-0.2, 0) is 29.0 Å². The second-order valence-corrected chi connectivity index (χ2v) is 8.80. The van der Waals surface area contributed by atoms with Crippen LogP contribution in [0.1, 0.15) is 30.5 Å². The summed E-state index contributed by atoms with van der Waals surface area (Å²) in [5.74, 6) is -0.0375. The van der Waals surface area contributed by atoms with Crippen LogP contribution in [0.2, 0.25) is 0 Å². The van der Waals surface area contributed by atoms with Gasteiger partial charge in [0.1, 0.15) is 11.8 Å². The van der Waals surface area contributed by atoms with Crippen LogP contribution < -0.4 is 10.1 Å². The monoisotopic (exact) mass is 489 g/mol. The Kier molecular flexibility index (Phi) is 9.16. The Bertz CT molecular complexity index is 1200. The van der Waals surface area contributed by atoms with E-state index in [0.717, 1.165) is 11.1 Å². The van der Waals surface area contributed by atoms with Gasteiger partial charge in [-0.05, 0) is 37.1 Å². The van der Waals surface area contributed by atoms with Crippen LogP contribution in [0.3, 0.4) is 0 Å². The highest BCUT2D eigenvalue weighted by Gasteiger charge is 2.31. The fourth-order valence-corrected chi connectivity index (χ4v) is 4.01. The number of ether oxygens (including phenoxy) is 1. The summed E-state index contributed by atoms with van der Waals surface area (Å²) < 4.78 is 5.33. The van der Waals surface area contributed by atoms with Crippen molar-refractivity contribution in [2.45, 2.75) is 45.3 Å². The smallest absolute Gasteiger partial charge is 0.273 e. The lowest BCUT2D eigenvalue weighted by atomic mass is 10.0. The van der Waals surface area contributed by atoms with E-state index in [1.807, 2.05) is 62.4 Å². The molecule has 8 nitrogen and oxygen atoms in total. The molecule has 0 saturated carbocycles. The predicted octanol–water partition coefficient (Wildman–Crippen LogP) is 4.31. The molecule has 1 N–H and O–H groups in total. The number of para-hydroxylation sites is 1. The fourth-order valence-electron chi connectivity index (χ4n) is 4.01. The van der Waals surface area contributed by atoms with Crippen LogP contribution >= 0.6 is 0 Å². The van der Waals surface area contributed by atoms with Gasteiger partial charge >= 0.3 is 0 Å². The van der Waals surface area contributed by atoms with Crippen LogP contribution in [0.4, 0.5) is 5.69 Å². The number of nitro groups is 1. The standard InChI is InChI=1S/C28H31N3O5/c1-20(2)29-28(33)26(17-21-10-5-4-6-11-21)30(19-22-12-9-14-24(16-22)36-3)27(32)18-23-13-7-8-15-25(23)31(34)35/h4-16,20,26H,17-19H2,1-3H3,(H,29,33)/t26-/m1/s1. The number of hydrogen-bond acceptors (Lipinski definition) is 5. The molecule has 8 heteroatoms. The Morgan fingerprint density at radius 3 is 2.31 bits per heavy atom. The second-order valence-electron chi connectivity index (χ2n) is 8.80. The number of nitro benzene ring substituents is 1. The molecule has 0 fully saturated rings. The van der Waals surface area contributed by atoms with Crippen molar-refractivity contribution in [3.63, 3.8) is 0 Å². The average Bonchev–Trinajstić information content (AvgIpc) is 2.86. The van der Waals surface area contributed by atoms with Crippen molar-refractivity contribution in [3.8, 4) is 5.75 Å². The van der Waals surface area contributed by atoms with Crippen LogP contribution in [0, 0.1) is 10.1 Å². The lowest BCUT2D eigenvalue weighted by Gasteiger charge is -2.32. The lowest BCUT2D eigenvalue weighted by Crippen LogP contribution is -2.52. The van der Waals surface area contributed by atoms with Crippen LogP contribution in [-0.4, -0.2) is 40.8 Å². The molecule has 36 heavy (non-hydrogen) atoms. The Morgan fingerprint density at radius 1 is 0.972 bits per heavy atom. The molecule has 0 spiro atoms. The van der Waals surface area contributed by atoms with E-state index in [1.54, 1.807) is 31.4 Å². The molecule has 3 aromatic carbocycles. The molecule has 3 aromatic rings. The third kappa shape index (κ3) is 7.15. The molecular weight excluding hydrogens is 458 g/mol. The molecule has 0 heterocycles. The first-order valence-corrected chi connectivity index (χ1v) is 11.8. The second kappa shape index (κ2) is 12.5. The maximum Gasteiger partial charge on any atom is 0.273 e. The van der Waals surface area contributed by atoms with E-state index in [-0.39, 0.29) is 36.5 Å². The minimum absolute atomic E-state index is 0.125. The van der Waals surface area contributed by atoms with Crippen molar-refractivity contribution in [3.05, 3.63) is 106 Å². The molecule has 0 bridgehead atoms. The molecule has 1 atom stereocenters. The molecular formula is C28H31N3O5. The maximum absolute atomic E-state index is 13.8. The minimum atomic E-state index is -0.823. The van der Waals surface area contributed by atoms with E-state index in [0.29, 0.717) is 17.7 Å². The van der Waals surface area contributed by atoms with E-state index >= 15 is 0 Å². The molecule has 0 saturated heterocycles. The number of rotatable bonds is 11. The van der Waals surface area contributed by atoms with Gasteiger partial charge in [0, 0.05) is 30.6 Å². The number of amides is 2. The van der Waals surface area contributed by atoms with Crippen molar-refractivity contribution < 1.29 is 19.2 Å². The van der Waals surface area contributed by atoms with E-state index in [4.69, 9.17) is 4.74 Å². The summed E-state index contributed by atoms with van der Waals surface area (Å²) in [6.07, 6.45) is 0.0906. The normalized spacial score (nSPS) is 11.6. The zero-order valence-electron chi connectivity index (χ0n) is 20.7. The molecule has 188 valence electrons. The number of benzene rings is 3. The summed E-state index contributed by atoms with van der Waals surface area (Å²) in [5.41, 5.74) is 1.85. The van der Waals surface area contributed by atoms with Gasteiger partial charge in [0.25, 0.3) is 5.69 Å². The molecule has 0 aliphatic heterocycles. The minimum Gasteiger partial charge on any atom is -0.497 e. The number of hydrogen-bond donors (Lipinski definition) is 1. The van der Waals surface area contributed by atoms with Crippen molar-refractivity contribution in [1.82, 2.24) is 10.2 Å². The molecule has 0 aliphatic rings. The third-order valence-electron chi connectivity index (χ3n) is 5.72. The summed E-state index contributed by atoms with van der Waals surface area (Å²) in [6.45, 7) is 3.86. The van der Waals surface area contributed by atoms with Crippen LogP contribution in [0.25, 0.3) is 0 Å². The summed E-state index contributed by atoms with van der Waals surface area (Å²) in [6, 6.07) is 22.0. The zero-order chi connectivity index (χ0) is 26.1. The maximum atomic E-state index is 13.8. The summed E-state index contributed by atoms with van der Waals surface area (Å²) >= 11 is 0. The number of methoxy groups -OCH3 is 1. The summed E-state index contributed by atoms with van der Waals surface area (Å²) in [7, 11) is 1.56. The van der Waals surface area contributed by atoms with E-state index in [9.17, 15) is 19.7 Å². The summed E-state index contributed by atoms with van der Waals surface area (Å²) in [5, 5.41) is 14.5. The topological polar surface area (TPSA) is 102 Å². The Labute approximate surface area is 211 Å². The first-order valence-electron chi connectivity index (χ1n) is 11.8. The Balaban J connectivity index is 2.02. The highest BCUT2D eigenvalue weighted by Crippen LogP contribution is 2.22. The van der Waals surface area contributed by atoms with Gasteiger partial charge in [-0.25, -0.2) is 0 Å². The molecule has 2 amide bonds. The van der Waals surface area contributed by atoms with Gasteiger partial charge in [-0.15, -0.1) is 0 Å². The van der Waals surface area contributed by atoms with E-state index in [1.165, 1.54) is 11.0 Å². The lowest BCUT2D eigenvalue weighted by molar-refractivity contribution is -0.385. The Morgan fingerprint density at radius 2 is 1.64 bits per heavy atom. The van der Waals surface area contributed by atoms with Crippen LogP contribution in [0.5, 0.6) is 5.75 Å². The number of carbonyl (C=O) groups is 2. The van der Waals surface area contributed by atoms with E-state index < -0.39 is 11.0 Å². The van der Waals surface area contributed by atoms with Crippen molar-refractivity contribution >= 4 is 17.5 Å². The quantitative estimate of drug-likeness (QED) is 0.319. The van der Waals surface area contributed by atoms with Crippen molar-refractivity contribution in [2.75, 3.05) is 7.11 Å². The highest BCUT2D eigenvalue weighted by atomic mass is 16.6. The Hall–Kier alpha value is -4.20. The first kappa shape index (κ1) is 26.4. The summed E-state index contributed by atoms with van der Waals surface area (Å²) in [4.78, 5) is 39.7. The molecule has 0 aliphatic carbocycles. The largest absolute Gasteiger partial charge is 0.497 e. The van der Waals surface area contributed by atoms with Crippen molar-refractivity contribution in [1.29, 1.82) is 0 Å².